The molecule has 0 saturated carbocycles. The monoisotopic (exact) mass is 188 g/mol. The molecule has 0 N–H and O–H groups in total. The molecule has 0 spiro atoms. The Labute approximate surface area is 77.8 Å². The normalized spacial score (nSPS) is 15.3. The van der Waals surface area contributed by atoms with Gasteiger partial charge in [0.05, 0.1) is 5.60 Å². The van der Waals surface area contributed by atoms with Gasteiger partial charge >= 0.3 is 0 Å². The van der Waals surface area contributed by atoms with E-state index in [0.29, 0.717) is 5.54 Å². The molecule has 0 saturated heterocycles. The highest BCUT2D eigenvalue weighted by atomic mass is 28.2. The van der Waals surface area contributed by atoms with Gasteiger partial charge < -0.3 is 0 Å². The Morgan fingerprint density at radius 1 is 1.50 bits per heavy atom. The van der Waals surface area contributed by atoms with Gasteiger partial charge in [-0.3, -0.25) is 4.58 Å². The maximum Gasteiger partial charge on any atom is 0.211 e. The van der Waals surface area contributed by atoms with Gasteiger partial charge in [-0.25, -0.2) is 4.89 Å². The lowest BCUT2D eigenvalue weighted by Crippen LogP contribution is -2.21. The van der Waals surface area contributed by atoms with Crippen LogP contribution in [-0.4, -0.2) is 15.4 Å². The quantitative estimate of drug-likeness (QED) is 0.285. The van der Waals surface area contributed by atoms with E-state index in [1.54, 1.807) is 0 Å². The van der Waals surface area contributed by atoms with E-state index in [-0.39, 0.29) is 5.60 Å². The lowest BCUT2D eigenvalue weighted by atomic mass is 10.2. The lowest BCUT2D eigenvalue weighted by Gasteiger charge is -2.19. The summed E-state index contributed by atoms with van der Waals surface area (Å²) < 4.78 is 5.20. The van der Waals surface area contributed by atoms with Gasteiger partial charge in [0.2, 0.25) is 9.76 Å². The summed E-state index contributed by atoms with van der Waals surface area (Å²) in [5.74, 6) is 0. The van der Waals surface area contributed by atoms with E-state index in [1.165, 1.54) is 0 Å². The Bertz CT molecular complexity index is 129. The Kier molecular flexibility index (Phi) is 5.45. The third kappa shape index (κ3) is 7.98. The van der Waals surface area contributed by atoms with Gasteiger partial charge in [0.15, 0.2) is 0 Å². The van der Waals surface area contributed by atoms with Crippen molar-refractivity contribution in [1.29, 1.82) is 0 Å². The maximum absolute atomic E-state index is 5.20. The standard InChI is InChI=1S/C9H20O2Si/c1-6-7-8(2)12-11-10-9(3,4)5/h6,8H,1,7,12H2,2-5H3. The second-order valence-electron chi connectivity index (χ2n) is 4.11. The van der Waals surface area contributed by atoms with Crippen LogP contribution < -0.4 is 0 Å². The SMILES string of the molecule is C=CCC(C)[SiH2]OOC(C)(C)C. The average Bonchev–Trinajstić information content (AvgIpc) is 1.84. The summed E-state index contributed by atoms with van der Waals surface area (Å²) in [5.41, 5.74) is 0.436. The second kappa shape index (κ2) is 5.51. The summed E-state index contributed by atoms with van der Waals surface area (Å²) in [4.78, 5) is 5.17. The van der Waals surface area contributed by atoms with Gasteiger partial charge in [-0.05, 0) is 32.7 Å². The van der Waals surface area contributed by atoms with Crippen molar-refractivity contribution in [3.05, 3.63) is 12.7 Å². The summed E-state index contributed by atoms with van der Waals surface area (Å²) in [6, 6.07) is 0. The molecule has 0 aliphatic carbocycles. The Morgan fingerprint density at radius 3 is 2.50 bits per heavy atom. The van der Waals surface area contributed by atoms with Crippen LogP contribution in [-0.2, 0) is 9.46 Å². The molecule has 0 radical (unpaired) electrons. The Balaban J connectivity index is 3.36. The van der Waals surface area contributed by atoms with Crippen LogP contribution in [0.25, 0.3) is 0 Å². The molecular formula is C9H20O2Si. The molecule has 0 fully saturated rings. The summed E-state index contributed by atoms with van der Waals surface area (Å²) in [5, 5.41) is 0. The summed E-state index contributed by atoms with van der Waals surface area (Å²) in [6.45, 7) is 11.8. The highest BCUT2D eigenvalue weighted by Crippen LogP contribution is 2.11. The number of rotatable bonds is 5. The number of allylic oxidation sites excluding steroid dienone is 1. The van der Waals surface area contributed by atoms with E-state index in [9.17, 15) is 0 Å². The molecule has 0 aromatic rings. The van der Waals surface area contributed by atoms with Crippen LogP contribution in [0.2, 0.25) is 5.54 Å². The first-order valence-electron chi connectivity index (χ1n) is 4.37. The first-order chi connectivity index (χ1) is 5.45. The molecule has 0 aliphatic rings. The molecule has 72 valence electrons. The van der Waals surface area contributed by atoms with Crippen molar-refractivity contribution in [2.45, 2.75) is 45.3 Å². The molecule has 1 atom stereocenters. The predicted molar refractivity (Wildman–Crippen MR) is 54.7 cm³/mol. The third-order valence-corrected chi connectivity index (χ3v) is 2.39. The molecule has 0 amide bonds. The van der Waals surface area contributed by atoms with Crippen molar-refractivity contribution in [3.8, 4) is 0 Å². The minimum Gasteiger partial charge on any atom is -0.294 e. The fraction of sp³-hybridized carbons (Fsp3) is 0.778. The van der Waals surface area contributed by atoms with Crippen molar-refractivity contribution in [3.63, 3.8) is 0 Å². The smallest absolute Gasteiger partial charge is 0.211 e. The van der Waals surface area contributed by atoms with Crippen LogP contribution in [0, 0.1) is 0 Å². The Morgan fingerprint density at radius 2 is 2.08 bits per heavy atom. The molecule has 0 heterocycles. The van der Waals surface area contributed by atoms with Crippen LogP contribution in [0.3, 0.4) is 0 Å². The van der Waals surface area contributed by atoms with Gasteiger partial charge in [-0.15, -0.1) is 6.58 Å². The molecule has 12 heavy (non-hydrogen) atoms. The molecule has 3 heteroatoms. The van der Waals surface area contributed by atoms with E-state index >= 15 is 0 Å². The van der Waals surface area contributed by atoms with E-state index in [1.807, 2.05) is 26.8 Å². The third-order valence-electron chi connectivity index (χ3n) is 1.23. The van der Waals surface area contributed by atoms with Crippen LogP contribution in [0.4, 0.5) is 0 Å². The van der Waals surface area contributed by atoms with E-state index in [2.05, 4.69) is 13.5 Å². The zero-order chi connectivity index (χ0) is 9.61. The molecule has 0 aliphatic heterocycles. The van der Waals surface area contributed by atoms with Crippen molar-refractivity contribution in [2.75, 3.05) is 0 Å². The zero-order valence-electron chi connectivity index (χ0n) is 8.59. The van der Waals surface area contributed by atoms with Gasteiger partial charge in [-0.1, -0.05) is 13.0 Å². The molecule has 0 aromatic heterocycles. The highest BCUT2D eigenvalue weighted by Gasteiger charge is 2.12. The molecule has 0 bridgehead atoms. The van der Waals surface area contributed by atoms with E-state index in [0.717, 1.165) is 6.42 Å². The van der Waals surface area contributed by atoms with Gasteiger partial charge in [0.25, 0.3) is 0 Å². The lowest BCUT2D eigenvalue weighted by molar-refractivity contribution is -0.277. The van der Waals surface area contributed by atoms with Crippen LogP contribution >= 0.6 is 0 Å². The van der Waals surface area contributed by atoms with Crippen LogP contribution in [0.1, 0.15) is 34.1 Å². The first-order valence-corrected chi connectivity index (χ1v) is 5.76. The topological polar surface area (TPSA) is 18.5 Å². The summed E-state index contributed by atoms with van der Waals surface area (Å²) in [7, 11) is -0.549. The van der Waals surface area contributed by atoms with E-state index in [4.69, 9.17) is 9.46 Å². The maximum atomic E-state index is 5.20. The van der Waals surface area contributed by atoms with Crippen molar-refractivity contribution in [2.24, 2.45) is 0 Å². The van der Waals surface area contributed by atoms with Crippen LogP contribution in [0.5, 0.6) is 0 Å². The van der Waals surface area contributed by atoms with Gasteiger partial charge in [0, 0.05) is 0 Å². The molecule has 1 unspecified atom stereocenters. The fourth-order valence-electron chi connectivity index (χ4n) is 0.680. The average molecular weight is 188 g/mol. The molecular weight excluding hydrogens is 168 g/mol. The van der Waals surface area contributed by atoms with Crippen molar-refractivity contribution in [1.82, 2.24) is 0 Å². The first kappa shape index (κ1) is 11.9. The van der Waals surface area contributed by atoms with Crippen LogP contribution in [0.15, 0.2) is 12.7 Å². The van der Waals surface area contributed by atoms with Gasteiger partial charge in [0.1, 0.15) is 0 Å². The largest absolute Gasteiger partial charge is 0.294 e. The fourth-order valence-corrected chi connectivity index (χ4v) is 1.71. The second-order valence-corrected chi connectivity index (χ2v) is 6.07. The van der Waals surface area contributed by atoms with E-state index < -0.39 is 9.76 Å². The number of hydrogen-bond acceptors (Lipinski definition) is 2. The predicted octanol–water partition coefficient (Wildman–Crippen LogP) is 2.20. The van der Waals surface area contributed by atoms with Crippen molar-refractivity contribution >= 4 is 9.76 Å². The summed E-state index contributed by atoms with van der Waals surface area (Å²) in [6.07, 6.45) is 2.96. The molecule has 0 rings (SSSR count). The highest BCUT2D eigenvalue weighted by molar-refractivity contribution is 6.28. The minimum absolute atomic E-state index is 0.180. The zero-order valence-corrected chi connectivity index (χ0v) is 10.0. The van der Waals surface area contributed by atoms with Gasteiger partial charge in [-0.2, -0.15) is 0 Å². The Hall–Kier alpha value is -0.123. The molecule has 2 nitrogen and oxygen atoms in total. The molecule has 0 aromatic carbocycles. The minimum atomic E-state index is -0.549. The number of hydrogen-bond donors (Lipinski definition) is 0. The van der Waals surface area contributed by atoms with Crippen molar-refractivity contribution < 1.29 is 9.46 Å². The summed E-state index contributed by atoms with van der Waals surface area (Å²) >= 11 is 0.